The smallest absolute Gasteiger partial charge is 0.0649 e. The quantitative estimate of drug-likeness (QED) is 0.768. The van der Waals surface area contributed by atoms with Crippen molar-refractivity contribution in [1.82, 2.24) is 0 Å². The minimum absolute atomic E-state index is 0.518. The summed E-state index contributed by atoms with van der Waals surface area (Å²) in [6, 6.07) is 8.08. The van der Waals surface area contributed by atoms with Crippen LogP contribution in [0.5, 0.6) is 0 Å². The van der Waals surface area contributed by atoms with Crippen LogP contribution < -0.4 is 9.80 Å². The molecule has 3 heteroatoms. The lowest BCUT2D eigenvalue weighted by molar-refractivity contribution is 0.465. The fraction of sp³-hybridized carbons (Fsp3) is 0.562. The summed E-state index contributed by atoms with van der Waals surface area (Å²) in [7, 11) is 2.23. The number of anilines is 2. The van der Waals surface area contributed by atoms with Gasteiger partial charge in [-0.3, -0.25) is 4.99 Å². The molecule has 1 aromatic carbocycles. The predicted molar refractivity (Wildman–Crippen MR) is 80.8 cm³/mol. The highest BCUT2D eigenvalue weighted by Gasteiger charge is 2.45. The van der Waals surface area contributed by atoms with E-state index in [4.69, 9.17) is 0 Å². The number of benzene rings is 1. The molecule has 0 aliphatic carbocycles. The SMILES string of the molecule is CCC1CN(C)c2cccc3c2N1[C@H]1CCN=C[C@H]31. The first-order chi connectivity index (χ1) is 9.31. The van der Waals surface area contributed by atoms with Gasteiger partial charge in [-0.05, 0) is 24.5 Å². The second-order valence-electron chi connectivity index (χ2n) is 6.00. The minimum atomic E-state index is 0.518. The first-order valence-corrected chi connectivity index (χ1v) is 7.43. The molecule has 0 saturated carbocycles. The van der Waals surface area contributed by atoms with Crippen molar-refractivity contribution >= 4 is 17.6 Å². The summed E-state index contributed by atoms with van der Waals surface area (Å²) < 4.78 is 0. The number of likely N-dealkylation sites (N-methyl/N-ethyl adjacent to an activating group) is 1. The van der Waals surface area contributed by atoms with Crippen molar-refractivity contribution in [3.8, 4) is 0 Å². The van der Waals surface area contributed by atoms with Gasteiger partial charge in [0.15, 0.2) is 0 Å². The highest BCUT2D eigenvalue weighted by atomic mass is 15.3. The van der Waals surface area contributed by atoms with Crippen LogP contribution >= 0.6 is 0 Å². The Morgan fingerprint density at radius 2 is 2.26 bits per heavy atom. The molecule has 0 amide bonds. The van der Waals surface area contributed by atoms with Crippen LogP contribution in [-0.2, 0) is 0 Å². The Kier molecular flexibility index (Phi) is 2.38. The first kappa shape index (κ1) is 11.3. The van der Waals surface area contributed by atoms with Crippen LogP contribution in [0.4, 0.5) is 11.4 Å². The van der Waals surface area contributed by atoms with Crippen molar-refractivity contribution in [1.29, 1.82) is 0 Å². The second kappa shape index (κ2) is 3.99. The largest absolute Gasteiger partial charge is 0.371 e. The standard InChI is InChI=1S/C16H21N3/c1-3-11-10-18(2)15-6-4-5-12-13-9-17-8-7-14(13)19(11)16(12)15/h4-6,9,11,13-14H,3,7-8,10H2,1-2H3/t11?,13-,14+/m1/s1. The van der Waals surface area contributed by atoms with Crippen molar-refractivity contribution < 1.29 is 0 Å². The minimum Gasteiger partial charge on any atom is -0.371 e. The van der Waals surface area contributed by atoms with Gasteiger partial charge in [-0.25, -0.2) is 0 Å². The Morgan fingerprint density at radius 3 is 3.11 bits per heavy atom. The first-order valence-electron chi connectivity index (χ1n) is 7.43. The van der Waals surface area contributed by atoms with Gasteiger partial charge in [0, 0.05) is 44.4 Å². The molecule has 0 radical (unpaired) electrons. The van der Waals surface area contributed by atoms with Crippen LogP contribution in [-0.4, -0.2) is 38.4 Å². The molecule has 4 rings (SSSR count). The van der Waals surface area contributed by atoms with Gasteiger partial charge in [-0.1, -0.05) is 19.1 Å². The van der Waals surface area contributed by atoms with E-state index in [0.717, 1.165) is 13.1 Å². The number of nitrogens with zero attached hydrogens (tertiary/aromatic N) is 3. The normalized spacial score (nSPS) is 31.4. The zero-order valence-electron chi connectivity index (χ0n) is 11.7. The van der Waals surface area contributed by atoms with E-state index in [1.54, 1.807) is 0 Å². The van der Waals surface area contributed by atoms with Gasteiger partial charge < -0.3 is 9.80 Å². The molecule has 0 fully saturated rings. The average molecular weight is 255 g/mol. The maximum atomic E-state index is 4.54. The lowest BCUT2D eigenvalue weighted by Gasteiger charge is -2.44. The Balaban J connectivity index is 1.92. The van der Waals surface area contributed by atoms with Crippen molar-refractivity contribution in [2.45, 2.75) is 37.8 Å². The molecule has 0 bridgehead atoms. The highest BCUT2D eigenvalue weighted by molar-refractivity contribution is 5.88. The van der Waals surface area contributed by atoms with E-state index < -0.39 is 0 Å². The molecule has 3 atom stereocenters. The topological polar surface area (TPSA) is 18.8 Å². The molecular formula is C16H21N3. The molecular weight excluding hydrogens is 234 g/mol. The molecule has 1 unspecified atom stereocenters. The Labute approximate surface area is 114 Å². The number of rotatable bonds is 1. The van der Waals surface area contributed by atoms with E-state index in [1.165, 1.54) is 29.8 Å². The number of hydrogen-bond acceptors (Lipinski definition) is 3. The van der Waals surface area contributed by atoms with Crippen LogP contribution in [0.25, 0.3) is 0 Å². The van der Waals surface area contributed by atoms with Crippen LogP contribution in [0, 0.1) is 0 Å². The lowest BCUT2D eigenvalue weighted by Crippen LogP contribution is -2.51. The summed E-state index contributed by atoms with van der Waals surface area (Å²) >= 11 is 0. The van der Waals surface area contributed by atoms with E-state index >= 15 is 0 Å². The zero-order chi connectivity index (χ0) is 13.0. The van der Waals surface area contributed by atoms with E-state index in [-0.39, 0.29) is 0 Å². The summed E-state index contributed by atoms with van der Waals surface area (Å²) in [5.74, 6) is 0.518. The molecule has 100 valence electrons. The number of aliphatic imine (C=N–C) groups is 1. The van der Waals surface area contributed by atoms with Crippen LogP contribution in [0.2, 0.25) is 0 Å². The van der Waals surface area contributed by atoms with Gasteiger partial charge in [0.05, 0.1) is 11.4 Å². The Morgan fingerprint density at radius 1 is 1.37 bits per heavy atom. The third-order valence-corrected chi connectivity index (χ3v) is 5.02. The average Bonchev–Trinajstić information content (AvgIpc) is 2.79. The van der Waals surface area contributed by atoms with E-state index in [9.17, 15) is 0 Å². The summed E-state index contributed by atoms with van der Waals surface area (Å²) in [6.45, 7) is 4.46. The van der Waals surface area contributed by atoms with E-state index in [1.807, 2.05) is 0 Å². The molecule has 3 aliphatic rings. The molecule has 0 aromatic heterocycles. The van der Waals surface area contributed by atoms with Crippen molar-refractivity contribution in [3.05, 3.63) is 23.8 Å². The highest BCUT2D eigenvalue weighted by Crippen LogP contribution is 2.50. The fourth-order valence-corrected chi connectivity index (χ4v) is 4.13. The number of fused-ring (bicyclic) bond motifs is 3. The monoisotopic (exact) mass is 255 g/mol. The van der Waals surface area contributed by atoms with Crippen LogP contribution in [0.15, 0.2) is 23.2 Å². The van der Waals surface area contributed by atoms with Gasteiger partial charge in [0.1, 0.15) is 0 Å². The van der Waals surface area contributed by atoms with Crippen LogP contribution in [0.1, 0.15) is 31.2 Å². The van der Waals surface area contributed by atoms with Gasteiger partial charge in [-0.2, -0.15) is 0 Å². The molecule has 3 heterocycles. The van der Waals surface area contributed by atoms with E-state index in [0.29, 0.717) is 18.0 Å². The molecule has 0 spiro atoms. The molecule has 0 N–H and O–H groups in total. The maximum absolute atomic E-state index is 4.54. The summed E-state index contributed by atoms with van der Waals surface area (Å²) in [4.78, 5) is 9.69. The van der Waals surface area contributed by atoms with Crippen molar-refractivity contribution in [2.75, 3.05) is 29.9 Å². The van der Waals surface area contributed by atoms with Gasteiger partial charge in [-0.15, -0.1) is 0 Å². The van der Waals surface area contributed by atoms with Crippen molar-refractivity contribution in [2.24, 2.45) is 4.99 Å². The third-order valence-electron chi connectivity index (χ3n) is 5.02. The molecule has 3 aliphatic heterocycles. The second-order valence-corrected chi connectivity index (χ2v) is 6.00. The molecule has 0 saturated heterocycles. The zero-order valence-corrected chi connectivity index (χ0v) is 11.7. The van der Waals surface area contributed by atoms with Crippen LogP contribution in [0.3, 0.4) is 0 Å². The van der Waals surface area contributed by atoms with Crippen molar-refractivity contribution in [3.63, 3.8) is 0 Å². The van der Waals surface area contributed by atoms with Gasteiger partial charge >= 0.3 is 0 Å². The Bertz CT molecular complexity index is 537. The number of hydrogen-bond donors (Lipinski definition) is 0. The molecule has 1 aromatic rings. The maximum Gasteiger partial charge on any atom is 0.0649 e. The van der Waals surface area contributed by atoms with Gasteiger partial charge in [0.2, 0.25) is 0 Å². The van der Waals surface area contributed by atoms with Gasteiger partial charge in [0.25, 0.3) is 0 Å². The summed E-state index contributed by atoms with van der Waals surface area (Å²) in [6.07, 6.45) is 4.63. The molecule has 3 nitrogen and oxygen atoms in total. The van der Waals surface area contributed by atoms with E-state index in [2.05, 4.69) is 53.2 Å². The lowest BCUT2D eigenvalue weighted by atomic mass is 9.92. The summed E-state index contributed by atoms with van der Waals surface area (Å²) in [5, 5.41) is 0. The molecule has 19 heavy (non-hydrogen) atoms. The Hall–Kier alpha value is -1.51. The number of para-hydroxylation sites is 1. The third kappa shape index (κ3) is 1.41. The fourth-order valence-electron chi connectivity index (χ4n) is 4.13. The predicted octanol–water partition coefficient (Wildman–Crippen LogP) is 2.66. The summed E-state index contributed by atoms with van der Waals surface area (Å²) in [5.41, 5.74) is 4.40.